The Morgan fingerprint density at radius 1 is 1.21 bits per heavy atom. The van der Waals surface area contributed by atoms with Crippen molar-refractivity contribution in [2.45, 2.75) is 19.8 Å². The zero-order valence-electron chi connectivity index (χ0n) is 11.4. The van der Waals surface area contributed by atoms with Crippen molar-refractivity contribution in [3.05, 3.63) is 47.4 Å². The maximum absolute atomic E-state index is 10.1. The molecule has 2 aromatic rings. The summed E-state index contributed by atoms with van der Waals surface area (Å²) < 4.78 is 10.3. The van der Waals surface area contributed by atoms with Gasteiger partial charge in [-0.25, -0.2) is 0 Å². The molecule has 100 valence electrons. The van der Waals surface area contributed by atoms with E-state index in [-0.39, 0.29) is 11.7 Å². The SMILES string of the molecule is COc1cc(/C=C/c2ccoc2)cc(O)c1C(C)C. The van der Waals surface area contributed by atoms with Crippen molar-refractivity contribution < 1.29 is 14.3 Å². The third kappa shape index (κ3) is 2.99. The van der Waals surface area contributed by atoms with E-state index in [1.54, 1.807) is 25.7 Å². The molecule has 0 saturated carbocycles. The normalized spacial score (nSPS) is 11.4. The minimum atomic E-state index is 0.210. The summed E-state index contributed by atoms with van der Waals surface area (Å²) in [5, 5.41) is 10.1. The first-order chi connectivity index (χ1) is 9.11. The van der Waals surface area contributed by atoms with Crippen LogP contribution in [0.25, 0.3) is 12.2 Å². The predicted octanol–water partition coefficient (Wildman–Crippen LogP) is 4.29. The Labute approximate surface area is 113 Å². The number of phenols is 1. The molecule has 0 aliphatic rings. The monoisotopic (exact) mass is 258 g/mol. The molecule has 1 heterocycles. The van der Waals surface area contributed by atoms with Crippen molar-refractivity contribution in [3.63, 3.8) is 0 Å². The molecular weight excluding hydrogens is 240 g/mol. The van der Waals surface area contributed by atoms with E-state index >= 15 is 0 Å². The number of phenolic OH excluding ortho intramolecular Hbond substituents is 1. The van der Waals surface area contributed by atoms with Crippen molar-refractivity contribution in [1.29, 1.82) is 0 Å². The molecule has 0 fully saturated rings. The highest BCUT2D eigenvalue weighted by molar-refractivity contribution is 5.71. The summed E-state index contributed by atoms with van der Waals surface area (Å²) in [6.45, 7) is 4.05. The van der Waals surface area contributed by atoms with Crippen LogP contribution in [0, 0.1) is 0 Å². The highest BCUT2D eigenvalue weighted by Crippen LogP contribution is 2.36. The van der Waals surface area contributed by atoms with Crippen LogP contribution < -0.4 is 4.74 Å². The maximum atomic E-state index is 10.1. The highest BCUT2D eigenvalue weighted by atomic mass is 16.5. The van der Waals surface area contributed by atoms with Crippen LogP contribution in [-0.2, 0) is 0 Å². The van der Waals surface area contributed by atoms with Gasteiger partial charge in [-0.2, -0.15) is 0 Å². The Morgan fingerprint density at radius 3 is 2.53 bits per heavy atom. The fourth-order valence-corrected chi connectivity index (χ4v) is 2.04. The third-order valence-corrected chi connectivity index (χ3v) is 2.95. The van der Waals surface area contributed by atoms with E-state index in [9.17, 15) is 5.11 Å². The second kappa shape index (κ2) is 5.65. The molecule has 3 nitrogen and oxygen atoms in total. The largest absolute Gasteiger partial charge is 0.507 e. The van der Waals surface area contributed by atoms with E-state index in [2.05, 4.69) is 0 Å². The van der Waals surface area contributed by atoms with E-state index in [4.69, 9.17) is 9.15 Å². The number of hydrogen-bond donors (Lipinski definition) is 1. The Balaban J connectivity index is 2.35. The first-order valence-corrected chi connectivity index (χ1v) is 6.23. The van der Waals surface area contributed by atoms with Crippen LogP contribution in [0.5, 0.6) is 11.5 Å². The van der Waals surface area contributed by atoms with Gasteiger partial charge in [0.05, 0.1) is 19.6 Å². The van der Waals surface area contributed by atoms with Crippen molar-refractivity contribution in [2.24, 2.45) is 0 Å². The molecule has 2 rings (SSSR count). The number of furan rings is 1. The molecule has 3 heteroatoms. The lowest BCUT2D eigenvalue weighted by molar-refractivity contribution is 0.396. The number of ether oxygens (including phenoxy) is 1. The van der Waals surface area contributed by atoms with Gasteiger partial charge in [0.15, 0.2) is 0 Å². The van der Waals surface area contributed by atoms with Crippen LogP contribution >= 0.6 is 0 Å². The summed E-state index contributed by atoms with van der Waals surface area (Å²) in [5.74, 6) is 1.19. The average molecular weight is 258 g/mol. The fourth-order valence-electron chi connectivity index (χ4n) is 2.04. The summed E-state index contributed by atoms with van der Waals surface area (Å²) in [6.07, 6.45) is 7.12. The third-order valence-electron chi connectivity index (χ3n) is 2.95. The Morgan fingerprint density at radius 2 is 1.95 bits per heavy atom. The number of aromatic hydroxyl groups is 1. The quantitative estimate of drug-likeness (QED) is 0.889. The molecule has 0 saturated heterocycles. The lowest BCUT2D eigenvalue weighted by atomic mass is 9.98. The minimum Gasteiger partial charge on any atom is -0.507 e. The Bertz CT molecular complexity index is 566. The van der Waals surface area contributed by atoms with Gasteiger partial charge in [0, 0.05) is 11.1 Å². The summed E-state index contributed by atoms with van der Waals surface area (Å²) in [7, 11) is 1.62. The molecule has 0 aliphatic heterocycles. The van der Waals surface area contributed by atoms with Gasteiger partial charge in [0.2, 0.25) is 0 Å². The van der Waals surface area contributed by atoms with Gasteiger partial charge in [0.1, 0.15) is 11.5 Å². The molecule has 19 heavy (non-hydrogen) atoms. The van der Waals surface area contributed by atoms with Gasteiger partial charge < -0.3 is 14.3 Å². The van der Waals surface area contributed by atoms with E-state index < -0.39 is 0 Å². The molecule has 1 aromatic carbocycles. The molecule has 0 aliphatic carbocycles. The molecule has 0 unspecified atom stereocenters. The van der Waals surface area contributed by atoms with Crippen molar-refractivity contribution >= 4 is 12.2 Å². The van der Waals surface area contributed by atoms with Crippen molar-refractivity contribution in [2.75, 3.05) is 7.11 Å². The van der Waals surface area contributed by atoms with Gasteiger partial charge >= 0.3 is 0 Å². The van der Waals surface area contributed by atoms with Crippen LogP contribution in [-0.4, -0.2) is 12.2 Å². The second-order valence-electron chi connectivity index (χ2n) is 4.70. The standard InChI is InChI=1S/C16H18O3/c1-11(2)16-14(17)8-13(9-15(16)18-3)5-4-12-6-7-19-10-12/h4-11,17H,1-3H3/b5-4+. The topological polar surface area (TPSA) is 42.6 Å². The predicted molar refractivity (Wildman–Crippen MR) is 76.4 cm³/mol. The molecule has 0 bridgehead atoms. The second-order valence-corrected chi connectivity index (χ2v) is 4.70. The smallest absolute Gasteiger partial charge is 0.126 e. The summed E-state index contributed by atoms with van der Waals surface area (Å²) in [5.41, 5.74) is 2.70. The molecule has 0 radical (unpaired) electrons. The Kier molecular flexibility index (Phi) is 3.95. The highest BCUT2D eigenvalue weighted by Gasteiger charge is 2.13. The number of benzene rings is 1. The lowest BCUT2D eigenvalue weighted by Crippen LogP contribution is -1.95. The van der Waals surface area contributed by atoms with Gasteiger partial charge in [-0.05, 0) is 29.7 Å². The number of hydrogen-bond acceptors (Lipinski definition) is 3. The van der Waals surface area contributed by atoms with Crippen molar-refractivity contribution in [1.82, 2.24) is 0 Å². The summed E-state index contributed by atoms with van der Waals surface area (Å²) in [6, 6.07) is 5.54. The van der Waals surface area contributed by atoms with E-state index in [1.165, 1.54) is 0 Å². The van der Waals surface area contributed by atoms with E-state index in [0.717, 1.165) is 16.7 Å². The van der Waals surface area contributed by atoms with Crippen LogP contribution in [0.3, 0.4) is 0 Å². The Hall–Kier alpha value is -2.16. The molecule has 1 N–H and O–H groups in total. The van der Waals surface area contributed by atoms with Gasteiger partial charge in [-0.1, -0.05) is 26.0 Å². The number of methoxy groups -OCH3 is 1. The summed E-state index contributed by atoms with van der Waals surface area (Å²) >= 11 is 0. The lowest BCUT2D eigenvalue weighted by Gasteiger charge is -2.14. The van der Waals surface area contributed by atoms with E-state index in [0.29, 0.717) is 5.75 Å². The fraction of sp³-hybridized carbons (Fsp3) is 0.250. The zero-order valence-corrected chi connectivity index (χ0v) is 11.4. The molecule has 0 spiro atoms. The summed E-state index contributed by atoms with van der Waals surface area (Å²) in [4.78, 5) is 0. The van der Waals surface area contributed by atoms with Crippen LogP contribution in [0.4, 0.5) is 0 Å². The molecule has 0 atom stereocenters. The van der Waals surface area contributed by atoms with Crippen LogP contribution in [0.15, 0.2) is 35.1 Å². The first kappa shape index (κ1) is 13.3. The average Bonchev–Trinajstić information content (AvgIpc) is 2.88. The molecule has 1 aromatic heterocycles. The van der Waals surface area contributed by atoms with Crippen LogP contribution in [0.1, 0.15) is 36.5 Å². The zero-order chi connectivity index (χ0) is 13.8. The molecule has 0 amide bonds. The van der Waals surface area contributed by atoms with Crippen molar-refractivity contribution in [3.8, 4) is 11.5 Å². The van der Waals surface area contributed by atoms with Gasteiger partial charge in [-0.15, -0.1) is 0 Å². The minimum absolute atomic E-state index is 0.210. The van der Waals surface area contributed by atoms with E-state index in [1.807, 2.05) is 38.1 Å². The first-order valence-electron chi connectivity index (χ1n) is 6.23. The number of rotatable bonds is 4. The molecular formula is C16H18O3. The maximum Gasteiger partial charge on any atom is 0.126 e. The van der Waals surface area contributed by atoms with Crippen LogP contribution in [0.2, 0.25) is 0 Å². The van der Waals surface area contributed by atoms with Gasteiger partial charge in [-0.3, -0.25) is 0 Å². The van der Waals surface area contributed by atoms with Gasteiger partial charge in [0.25, 0.3) is 0 Å².